The lowest BCUT2D eigenvalue weighted by molar-refractivity contribution is 0.0944. The highest BCUT2D eigenvalue weighted by atomic mass is 19.2. The van der Waals surface area contributed by atoms with E-state index in [1.165, 1.54) is 12.4 Å². The number of benzene rings is 1. The number of nitrogens with zero attached hydrogens (tertiary/aromatic N) is 1. The fourth-order valence-corrected chi connectivity index (χ4v) is 1.39. The first-order chi connectivity index (χ1) is 9.00. The average molecular weight is 273 g/mol. The highest BCUT2D eigenvalue weighted by Crippen LogP contribution is 2.18. The van der Waals surface area contributed by atoms with E-state index in [9.17, 15) is 22.4 Å². The summed E-state index contributed by atoms with van der Waals surface area (Å²) in [5.41, 5.74) is -0.914. The van der Waals surface area contributed by atoms with Crippen molar-refractivity contribution in [1.29, 1.82) is 0 Å². The highest BCUT2D eigenvalue weighted by Gasteiger charge is 2.22. The molecule has 0 aliphatic heterocycles. The van der Waals surface area contributed by atoms with Crippen LogP contribution in [-0.2, 0) is 6.54 Å². The number of halogens is 4. The lowest BCUT2D eigenvalue weighted by Crippen LogP contribution is -2.25. The van der Waals surface area contributed by atoms with Crippen LogP contribution in [0.25, 0.3) is 0 Å². The molecule has 2 aromatic rings. The van der Waals surface area contributed by atoms with Gasteiger partial charge in [0.05, 0.1) is 12.1 Å². The standard InChI is InChI=1S/C11H7F4N3O/c12-6-3-5(8(13)10(15)9(6)14)11(19)18-4-7-16-1-2-17-7/h1-3H,4H2,(H,16,17)(H,18,19). The van der Waals surface area contributed by atoms with Gasteiger partial charge < -0.3 is 10.3 Å². The number of hydrogen-bond acceptors (Lipinski definition) is 2. The number of rotatable bonds is 3. The predicted molar refractivity (Wildman–Crippen MR) is 56.0 cm³/mol. The molecule has 1 heterocycles. The maximum atomic E-state index is 13.3. The van der Waals surface area contributed by atoms with Crippen LogP contribution >= 0.6 is 0 Å². The molecule has 0 atom stereocenters. The van der Waals surface area contributed by atoms with Crippen molar-refractivity contribution in [3.05, 3.63) is 53.1 Å². The number of carbonyl (C=O) groups excluding carboxylic acids is 1. The van der Waals surface area contributed by atoms with Gasteiger partial charge >= 0.3 is 0 Å². The fraction of sp³-hybridized carbons (Fsp3) is 0.0909. The molecule has 0 bridgehead atoms. The summed E-state index contributed by atoms with van der Waals surface area (Å²) in [6, 6.07) is 0.297. The Balaban J connectivity index is 2.20. The molecule has 4 nitrogen and oxygen atoms in total. The molecular weight excluding hydrogens is 266 g/mol. The molecule has 0 saturated carbocycles. The Hall–Kier alpha value is -2.38. The van der Waals surface area contributed by atoms with Crippen molar-refractivity contribution < 1.29 is 22.4 Å². The maximum Gasteiger partial charge on any atom is 0.254 e. The second-order valence-corrected chi connectivity index (χ2v) is 3.57. The number of aromatic nitrogens is 2. The molecule has 0 fully saturated rings. The third kappa shape index (κ3) is 2.56. The van der Waals surface area contributed by atoms with E-state index in [1.54, 1.807) is 0 Å². The van der Waals surface area contributed by atoms with E-state index in [0.717, 1.165) is 0 Å². The summed E-state index contributed by atoms with van der Waals surface area (Å²) in [4.78, 5) is 18.0. The molecule has 0 saturated heterocycles. The van der Waals surface area contributed by atoms with Crippen molar-refractivity contribution in [1.82, 2.24) is 15.3 Å². The third-order valence-corrected chi connectivity index (χ3v) is 2.32. The van der Waals surface area contributed by atoms with Gasteiger partial charge in [-0.3, -0.25) is 4.79 Å². The number of aromatic amines is 1. The van der Waals surface area contributed by atoms with Crippen molar-refractivity contribution in [2.24, 2.45) is 0 Å². The summed E-state index contributed by atoms with van der Waals surface area (Å²) < 4.78 is 51.9. The van der Waals surface area contributed by atoms with Crippen molar-refractivity contribution in [3.8, 4) is 0 Å². The van der Waals surface area contributed by atoms with E-state index >= 15 is 0 Å². The van der Waals surface area contributed by atoms with Gasteiger partial charge in [0.1, 0.15) is 5.82 Å². The largest absolute Gasteiger partial charge is 0.347 e. The Morgan fingerprint density at radius 2 is 1.95 bits per heavy atom. The number of H-pyrrole nitrogens is 1. The summed E-state index contributed by atoms with van der Waals surface area (Å²) >= 11 is 0. The van der Waals surface area contributed by atoms with Gasteiger partial charge in [-0.05, 0) is 6.07 Å². The summed E-state index contributed by atoms with van der Waals surface area (Å²) in [5.74, 6) is -8.07. The Morgan fingerprint density at radius 3 is 2.58 bits per heavy atom. The molecule has 0 radical (unpaired) electrons. The number of amides is 1. The van der Waals surface area contributed by atoms with Crippen LogP contribution in [-0.4, -0.2) is 15.9 Å². The number of hydrogen-bond donors (Lipinski definition) is 2. The monoisotopic (exact) mass is 273 g/mol. The Bertz CT molecular complexity index is 613. The summed E-state index contributed by atoms with van der Waals surface area (Å²) in [6.07, 6.45) is 2.93. The van der Waals surface area contributed by atoms with E-state index in [2.05, 4.69) is 15.3 Å². The smallest absolute Gasteiger partial charge is 0.254 e. The van der Waals surface area contributed by atoms with E-state index < -0.39 is 34.7 Å². The van der Waals surface area contributed by atoms with Gasteiger partial charge in [0.2, 0.25) is 0 Å². The van der Waals surface area contributed by atoms with Crippen LogP contribution < -0.4 is 5.32 Å². The third-order valence-electron chi connectivity index (χ3n) is 2.32. The topological polar surface area (TPSA) is 57.8 Å². The van der Waals surface area contributed by atoms with E-state index in [-0.39, 0.29) is 6.54 Å². The Kier molecular flexibility index (Phi) is 3.50. The van der Waals surface area contributed by atoms with Crippen LogP contribution in [0.1, 0.15) is 16.2 Å². The molecule has 0 aliphatic carbocycles. The number of imidazole rings is 1. The molecule has 1 amide bonds. The van der Waals surface area contributed by atoms with Crippen molar-refractivity contribution >= 4 is 5.91 Å². The van der Waals surface area contributed by atoms with Crippen LogP contribution in [0.15, 0.2) is 18.5 Å². The summed E-state index contributed by atoms with van der Waals surface area (Å²) in [7, 11) is 0. The van der Waals surface area contributed by atoms with Crippen LogP contribution in [0.4, 0.5) is 17.6 Å². The zero-order valence-electron chi connectivity index (χ0n) is 9.31. The lowest BCUT2D eigenvalue weighted by Gasteiger charge is -2.06. The quantitative estimate of drug-likeness (QED) is 0.510. The van der Waals surface area contributed by atoms with Gasteiger partial charge in [0.25, 0.3) is 5.91 Å². The number of carbonyl (C=O) groups is 1. The van der Waals surface area contributed by atoms with E-state index in [1.807, 2.05) is 0 Å². The molecule has 100 valence electrons. The lowest BCUT2D eigenvalue weighted by atomic mass is 10.1. The van der Waals surface area contributed by atoms with Gasteiger partial charge in [-0.2, -0.15) is 0 Å². The molecule has 8 heteroatoms. The summed E-state index contributed by atoms with van der Waals surface area (Å²) in [6.45, 7) is -0.0914. The predicted octanol–water partition coefficient (Wildman–Crippen LogP) is 1.90. The minimum atomic E-state index is -2.02. The second-order valence-electron chi connectivity index (χ2n) is 3.57. The van der Waals surface area contributed by atoms with Gasteiger partial charge in [-0.15, -0.1) is 0 Å². The second kappa shape index (κ2) is 5.09. The zero-order chi connectivity index (χ0) is 14.0. The van der Waals surface area contributed by atoms with Gasteiger partial charge in [0.15, 0.2) is 23.3 Å². The number of nitrogens with one attached hydrogen (secondary N) is 2. The maximum absolute atomic E-state index is 13.3. The molecule has 2 N–H and O–H groups in total. The Morgan fingerprint density at radius 1 is 1.21 bits per heavy atom. The van der Waals surface area contributed by atoms with E-state index in [0.29, 0.717) is 11.9 Å². The van der Waals surface area contributed by atoms with Crippen LogP contribution in [0, 0.1) is 23.3 Å². The SMILES string of the molecule is O=C(NCc1ncc[nH]1)c1cc(F)c(F)c(F)c1F. The normalized spacial score (nSPS) is 10.5. The molecule has 0 aliphatic rings. The first kappa shape index (κ1) is 13.1. The molecule has 0 spiro atoms. The van der Waals surface area contributed by atoms with Crippen LogP contribution in [0.2, 0.25) is 0 Å². The Labute approximate surface area is 104 Å². The van der Waals surface area contributed by atoms with Gasteiger partial charge in [0, 0.05) is 12.4 Å². The van der Waals surface area contributed by atoms with Crippen LogP contribution in [0.3, 0.4) is 0 Å². The molecule has 1 aromatic carbocycles. The molecule has 1 aromatic heterocycles. The molecular formula is C11H7F4N3O. The first-order valence-corrected chi connectivity index (χ1v) is 5.10. The van der Waals surface area contributed by atoms with Gasteiger partial charge in [-0.25, -0.2) is 22.5 Å². The minimum absolute atomic E-state index is 0.0914. The van der Waals surface area contributed by atoms with Crippen molar-refractivity contribution in [2.45, 2.75) is 6.54 Å². The fourth-order valence-electron chi connectivity index (χ4n) is 1.39. The zero-order valence-corrected chi connectivity index (χ0v) is 9.31. The van der Waals surface area contributed by atoms with Crippen LogP contribution in [0.5, 0.6) is 0 Å². The average Bonchev–Trinajstić information content (AvgIpc) is 2.91. The van der Waals surface area contributed by atoms with Crippen molar-refractivity contribution in [2.75, 3.05) is 0 Å². The van der Waals surface area contributed by atoms with Gasteiger partial charge in [-0.1, -0.05) is 0 Å². The van der Waals surface area contributed by atoms with E-state index in [4.69, 9.17) is 0 Å². The summed E-state index contributed by atoms with van der Waals surface area (Å²) in [5, 5.41) is 2.19. The molecule has 2 rings (SSSR count). The molecule has 0 unspecified atom stereocenters. The first-order valence-electron chi connectivity index (χ1n) is 5.10. The minimum Gasteiger partial charge on any atom is -0.347 e. The molecule has 19 heavy (non-hydrogen) atoms. The highest BCUT2D eigenvalue weighted by molar-refractivity contribution is 5.94. The van der Waals surface area contributed by atoms with Crippen molar-refractivity contribution in [3.63, 3.8) is 0 Å².